The third-order valence-corrected chi connectivity index (χ3v) is 4.07. The fraction of sp³-hybridized carbons (Fsp3) is 0.533. The summed E-state index contributed by atoms with van der Waals surface area (Å²) in [6, 6.07) is 3.58. The number of piperidine rings is 1. The van der Waals surface area contributed by atoms with E-state index >= 15 is 0 Å². The van der Waals surface area contributed by atoms with Gasteiger partial charge in [-0.15, -0.1) is 0 Å². The molecular weight excluding hydrogens is 294 g/mol. The van der Waals surface area contributed by atoms with Crippen molar-refractivity contribution in [1.82, 2.24) is 4.90 Å². The van der Waals surface area contributed by atoms with Gasteiger partial charge >= 0.3 is 0 Å². The minimum absolute atomic E-state index is 0.146. The lowest BCUT2D eigenvalue weighted by atomic mass is 10.0. The van der Waals surface area contributed by atoms with Crippen molar-refractivity contribution < 1.29 is 23.0 Å². The van der Waals surface area contributed by atoms with Crippen LogP contribution >= 0.6 is 0 Å². The van der Waals surface area contributed by atoms with Crippen molar-refractivity contribution in [2.24, 2.45) is 0 Å². The van der Waals surface area contributed by atoms with Crippen LogP contribution in [0.25, 0.3) is 0 Å². The van der Waals surface area contributed by atoms with Crippen LogP contribution in [0.2, 0.25) is 0 Å². The van der Waals surface area contributed by atoms with E-state index in [0.29, 0.717) is 39.1 Å². The number of benzene rings is 1. The Hall–Kier alpha value is -1.73. The second-order valence-electron chi connectivity index (χ2n) is 5.44. The molecule has 2 fully saturated rings. The van der Waals surface area contributed by atoms with Crippen molar-refractivity contribution >= 4 is 11.6 Å². The molecule has 0 saturated carbocycles. The van der Waals surface area contributed by atoms with Crippen LogP contribution in [0.1, 0.15) is 12.8 Å². The van der Waals surface area contributed by atoms with Gasteiger partial charge in [0.2, 0.25) is 5.91 Å². The monoisotopic (exact) mass is 312 g/mol. The summed E-state index contributed by atoms with van der Waals surface area (Å²) in [4.78, 5) is 13.8. The van der Waals surface area contributed by atoms with E-state index in [-0.39, 0.29) is 18.1 Å². The normalized spacial score (nSPS) is 20.4. The Bertz CT molecular complexity index is 531. The number of anilines is 1. The average molecular weight is 312 g/mol. The van der Waals surface area contributed by atoms with Crippen LogP contribution in [0, 0.1) is 11.6 Å². The van der Waals surface area contributed by atoms with E-state index in [1.807, 2.05) is 0 Å². The third kappa shape index (κ3) is 3.05. The second kappa shape index (κ2) is 6.18. The van der Waals surface area contributed by atoms with Crippen LogP contribution in [-0.4, -0.2) is 49.4 Å². The molecule has 0 atom stereocenters. The zero-order chi connectivity index (χ0) is 15.6. The van der Waals surface area contributed by atoms with Crippen LogP contribution in [0.3, 0.4) is 0 Å². The quantitative estimate of drug-likeness (QED) is 0.924. The highest BCUT2D eigenvalue weighted by Gasteiger charge is 2.40. The lowest BCUT2D eigenvalue weighted by Crippen LogP contribution is -2.48. The molecule has 7 heteroatoms. The molecule has 1 spiro atoms. The van der Waals surface area contributed by atoms with E-state index < -0.39 is 17.4 Å². The van der Waals surface area contributed by atoms with Gasteiger partial charge in [0.1, 0.15) is 17.3 Å². The van der Waals surface area contributed by atoms with Crippen molar-refractivity contribution in [3.05, 3.63) is 29.8 Å². The number of ether oxygens (including phenoxy) is 2. The molecule has 2 aliphatic heterocycles. The Labute approximate surface area is 127 Å². The van der Waals surface area contributed by atoms with Gasteiger partial charge in [-0.3, -0.25) is 4.79 Å². The molecule has 0 bridgehead atoms. The van der Waals surface area contributed by atoms with Gasteiger partial charge in [0.15, 0.2) is 5.79 Å². The van der Waals surface area contributed by atoms with Crippen molar-refractivity contribution in [1.29, 1.82) is 0 Å². The van der Waals surface area contributed by atoms with Gasteiger partial charge in [-0.05, 0) is 12.1 Å². The van der Waals surface area contributed by atoms with Gasteiger partial charge < -0.3 is 19.7 Å². The van der Waals surface area contributed by atoms with Crippen LogP contribution in [0.4, 0.5) is 14.5 Å². The molecule has 2 aliphatic rings. The number of hydrogen-bond acceptors (Lipinski definition) is 4. The maximum absolute atomic E-state index is 13.5. The largest absolute Gasteiger partial charge is 0.371 e. The highest BCUT2D eigenvalue weighted by molar-refractivity contribution is 5.81. The smallest absolute Gasteiger partial charge is 0.241 e. The maximum atomic E-state index is 13.5. The molecular formula is C15H18F2N2O3. The molecule has 120 valence electrons. The lowest BCUT2D eigenvalue weighted by Gasteiger charge is -2.37. The average Bonchev–Trinajstić information content (AvgIpc) is 2.95. The first-order valence-electron chi connectivity index (χ1n) is 7.33. The predicted molar refractivity (Wildman–Crippen MR) is 75.3 cm³/mol. The van der Waals surface area contributed by atoms with Gasteiger partial charge in [0.25, 0.3) is 0 Å². The summed E-state index contributed by atoms with van der Waals surface area (Å²) in [6.07, 6.45) is 1.24. The van der Waals surface area contributed by atoms with Gasteiger partial charge in [0.05, 0.1) is 19.8 Å². The number of nitrogens with zero attached hydrogens (tertiary/aromatic N) is 1. The molecule has 1 aromatic rings. The summed E-state index contributed by atoms with van der Waals surface area (Å²) in [5.74, 6) is -2.16. The SMILES string of the molecule is O=C(CNc1c(F)cccc1F)N1CCC2(CC1)OCCO2. The first-order valence-corrected chi connectivity index (χ1v) is 7.33. The Morgan fingerprint density at radius 3 is 2.36 bits per heavy atom. The fourth-order valence-electron chi connectivity index (χ4n) is 2.82. The molecule has 3 rings (SSSR count). The Morgan fingerprint density at radius 2 is 1.77 bits per heavy atom. The number of carbonyl (C=O) groups excluding carboxylic acids is 1. The molecule has 1 aromatic carbocycles. The van der Waals surface area contributed by atoms with Gasteiger partial charge in [-0.2, -0.15) is 0 Å². The Balaban J connectivity index is 1.53. The van der Waals surface area contributed by atoms with E-state index in [9.17, 15) is 13.6 Å². The molecule has 1 amide bonds. The zero-order valence-corrected chi connectivity index (χ0v) is 12.1. The number of hydrogen-bond donors (Lipinski definition) is 1. The summed E-state index contributed by atoms with van der Waals surface area (Å²) in [7, 11) is 0. The summed E-state index contributed by atoms with van der Waals surface area (Å²) < 4.78 is 38.2. The van der Waals surface area contributed by atoms with Crippen LogP contribution < -0.4 is 5.32 Å². The second-order valence-corrected chi connectivity index (χ2v) is 5.44. The Morgan fingerprint density at radius 1 is 1.18 bits per heavy atom. The number of halogens is 2. The summed E-state index contributed by atoms with van der Waals surface area (Å²) in [5.41, 5.74) is -0.271. The molecule has 0 unspecified atom stereocenters. The summed E-state index contributed by atoms with van der Waals surface area (Å²) >= 11 is 0. The van der Waals surface area contributed by atoms with Gasteiger partial charge in [-0.25, -0.2) is 8.78 Å². The lowest BCUT2D eigenvalue weighted by molar-refractivity contribution is -0.187. The number of rotatable bonds is 3. The van der Waals surface area contributed by atoms with Crippen molar-refractivity contribution in [3.8, 4) is 0 Å². The standard InChI is InChI=1S/C15H18F2N2O3/c16-11-2-1-3-12(17)14(11)18-10-13(20)19-6-4-15(5-7-19)21-8-9-22-15/h1-3,18H,4-10H2. The molecule has 0 aliphatic carbocycles. The molecule has 0 aromatic heterocycles. The van der Waals surface area contributed by atoms with E-state index in [0.717, 1.165) is 12.1 Å². The highest BCUT2D eigenvalue weighted by atomic mass is 19.1. The number of para-hydroxylation sites is 1. The van der Waals surface area contributed by atoms with E-state index in [1.54, 1.807) is 4.90 Å². The Kier molecular flexibility index (Phi) is 4.26. The number of likely N-dealkylation sites (tertiary alicyclic amines) is 1. The van der Waals surface area contributed by atoms with E-state index in [1.165, 1.54) is 6.07 Å². The molecule has 5 nitrogen and oxygen atoms in total. The van der Waals surface area contributed by atoms with Crippen molar-refractivity contribution in [3.63, 3.8) is 0 Å². The topological polar surface area (TPSA) is 50.8 Å². The van der Waals surface area contributed by atoms with Gasteiger partial charge in [0, 0.05) is 25.9 Å². The maximum Gasteiger partial charge on any atom is 0.241 e. The van der Waals surface area contributed by atoms with Crippen molar-refractivity contribution in [2.75, 3.05) is 38.2 Å². The van der Waals surface area contributed by atoms with Crippen molar-refractivity contribution in [2.45, 2.75) is 18.6 Å². The zero-order valence-electron chi connectivity index (χ0n) is 12.1. The summed E-state index contributed by atoms with van der Waals surface area (Å²) in [6.45, 7) is 2.05. The number of nitrogens with one attached hydrogen (secondary N) is 1. The van der Waals surface area contributed by atoms with E-state index in [4.69, 9.17) is 9.47 Å². The van der Waals surface area contributed by atoms with Crippen LogP contribution in [-0.2, 0) is 14.3 Å². The highest BCUT2D eigenvalue weighted by Crippen LogP contribution is 2.31. The minimum atomic E-state index is -0.710. The number of carbonyl (C=O) groups is 1. The fourth-order valence-corrected chi connectivity index (χ4v) is 2.82. The van der Waals surface area contributed by atoms with E-state index in [2.05, 4.69) is 5.32 Å². The molecule has 2 heterocycles. The van der Waals surface area contributed by atoms with Crippen LogP contribution in [0.5, 0.6) is 0 Å². The predicted octanol–water partition coefficient (Wildman–Crippen LogP) is 1.74. The first-order chi connectivity index (χ1) is 10.6. The summed E-state index contributed by atoms with van der Waals surface area (Å²) in [5, 5.41) is 2.54. The minimum Gasteiger partial charge on any atom is -0.371 e. The number of amides is 1. The molecule has 0 radical (unpaired) electrons. The van der Waals surface area contributed by atoms with Crippen LogP contribution in [0.15, 0.2) is 18.2 Å². The third-order valence-electron chi connectivity index (χ3n) is 4.07. The molecule has 1 N–H and O–H groups in total. The first kappa shape index (κ1) is 15.2. The molecule has 22 heavy (non-hydrogen) atoms. The van der Waals surface area contributed by atoms with Gasteiger partial charge in [-0.1, -0.05) is 6.07 Å². The molecule has 2 saturated heterocycles.